The van der Waals surface area contributed by atoms with Gasteiger partial charge in [-0.3, -0.25) is 0 Å². The summed E-state index contributed by atoms with van der Waals surface area (Å²) in [6.45, 7) is 2.29. The van der Waals surface area contributed by atoms with Crippen molar-refractivity contribution >= 4 is 11.7 Å². The van der Waals surface area contributed by atoms with Gasteiger partial charge in [0.05, 0.1) is 11.6 Å². The van der Waals surface area contributed by atoms with Crippen LogP contribution in [0.2, 0.25) is 0 Å². The number of urea groups is 1. The van der Waals surface area contributed by atoms with E-state index in [0.29, 0.717) is 17.8 Å². The highest BCUT2D eigenvalue weighted by Gasteiger charge is 2.04. The molecule has 0 saturated heterocycles. The molecule has 1 unspecified atom stereocenters. The van der Waals surface area contributed by atoms with Crippen molar-refractivity contribution in [2.24, 2.45) is 5.92 Å². The summed E-state index contributed by atoms with van der Waals surface area (Å²) < 4.78 is 0. The highest BCUT2D eigenvalue weighted by Crippen LogP contribution is 2.08. The maximum Gasteiger partial charge on any atom is 0.319 e. The average molecular weight is 233 g/mol. The number of rotatable bonds is 4. The second kappa shape index (κ2) is 6.51. The number of nitrogens with one attached hydrogen (secondary N) is 2. The zero-order chi connectivity index (χ0) is 12.7. The van der Waals surface area contributed by atoms with Gasteiger partial charge in [-0.05, 0) is 30.2 Å². The summed E-state index contributed by atoms with van der Waals surface area (Å²) >= 11 is 0. The van der Waals surface area contributed by atoms with E-state index < -0.39 is 0 Å². The van der Waals surface area contributed by atoms with Gasteiger partial charge in [-0.2, -0.15) is 5.26 Å². The van der Waals surface area contributed by atoms with Crippen LogP contribution < -0.4 is 10.6 Å². The van der Waals surface area contributed by atoms with Crippen molar-refractivity contribution in [3.63, 3.8) is 0 Å². The van der Waals surface area contributed by atoms with Crippen LogP contribution in [0.25, 0.3) is 0 Å². The van der Waals surface area contributed by atoms with E-state index in [9.17, 15) is 4.79 Å². The Labute approximate surface area is 100 Å². The molecule has 90 valence electrons. The van der Waals surface area contributed by atoms with Crippen LogP contribution in [-0.2, 0) is 0 Å². The normalized spacial score (nSPS) is 11.4. The molecule has 1 aromatic rings. The molecule has 0 heterocycles. The summed E-state index contributed by atoms with van der Waals surface area (Å²) in [5.41, 5.74) is 1.17. The molecule has 17 heavy (non-hydrogen) atoms. The van der Waals surface area contributed by atoms with Gasteiger partial charge in [-0.1, -0.05) is 6.92 Å². The molecule has 0 aliphatic carbocycles. The van der Waals surface area contributed by atoms with Crippen LogP contribution in [-0.4, -0.2) is 24.3 Å². The van der Waals surface area contributed by atoms with Gasteiger partial charge in [0.25, 0.3) is 0 Å². The average Bonchev–Trinajstić information content (AvgIpc) is 2.36. The van der Waals surface area contributed by atoms with E-state index in [4.69, 9.17) is 10.4 Å². The molecule has 1 rings (SSSR count). The molecule has 0 aliphatic rings. The smallest absolute Gasteiger partial charge is 0.319 e. The Morgan fingerprint density at radius 2 is 2.12 bits per heavy atom. The van der Waals surface area contributed by atoms with Crippen molar-refractivity contribution in [2.45, 2.75) is 6.92 Å². The molecule has 1 aromatic carbocycles. The fourth-order valence-corrected chi connectivity index (χ4v) is 1.13. The zero-order valence-electron chi connectivity index (χ0n) is 9.60. The zero-order valence-corrected chi connectivity index (χ0v) is 9.60. The molecular weight excluding hydrogens is 218 g/mol. The predicted octanol–water partition coefficient (Wildman–Crippen LogP) is 1.31. The minimum atomic E-state index is -0.324. The Balaban J connectivity index is 2.43. The van der Waals surface area contributed by atoms with E-state index in [0.717, 1.165) is 0 Å². The Morgan fingerprint density at radius 3 is 2.65 bits per heavy atom. The van der Waals surface area contributed by atoms with Crippen molar-refractivity contribution < 1.29 is 9.90 Å². The number of nitrogens with zero attached hydrogens (tertiary/aromatic N) is 1. The lowest BCUT2D eigenvalue weighted by Gasteiger charge is -2.10. The number of carbonyl (C=O) groups excluding carboxylic acids is 1. The van der Waals surface area contributed by atoms with E-state index in [1.54, 1.807) is 24.3 Å². The summed E-state index contributed by atoms with van der Waals surface area (Å²) in [6.07, 6.45) is 0. The first-order valence-corrected chi connectivity index (χ1v) is 5.31. The maximum atomic E-state index is 11.4. The van der Waals surface area contributed by atoms with Crippen molar-refractivity contribution in [1.82, 2.24) is 5.32 Å². The van der Waals surface area contributed by atoms with E-state index >= 15 is 0 Å². The number of benzene rings is 1. The fraction of sp³-hybridized carbons (Fsp3) is 0.333. The Kier molecular flexibility index (Phi) is 4.98. The lowest BCUT2D eigenvalue weighted by atomic mass is 10.2. The maximum absolute atomic E-state index is 11.4. The van der Waals surface area contributed by atoms with Gasteiger partial charge in [-0.25, -0.2) is 4.79 Å². The molecule has 0 aromatic heterocycles. The fourth-order valence-electron chi connectivity index (χ4n) is 1.13. The van der Waals surface area contributed by atoms with Crippen LogP contribution in [0.3, 0.4) is 0 Å². The van der Waals surface area contributed by atoms with Gasteiger partial charge < -0.3 is 15.7 Å². The first-order chi connectivity index (χ1) is 8.15. The predicted molar refractivity (Wildman–Crippen MR) is 64.4 cm³/mol. The summed E-state index contributed by atoms with van der Waals surface area (Å²) in [5, 5.41) is 22.7. The number of aliphatic hydroxyl groups excluding tert-OH is 1. The SMILES string of the molecule is CC(CO)CNC(=O)Nc1ccc(C#N)cc1. The first kappa shape index (κ1) is 13.0. The van der Waals surface area contributed by atoms with Crippen molar-refractivity contribution in [3.8, 4) is 6.07 Å². The lowest BCUT2D eigenvalue weighted by molar-refractivity contribution is 0.227. The third-order valence-corrected chi connectivity index (χ3v) is 2.19. The third kappa shape index (κ3) is 4.53. The van der Waals surface area contributed by atoms with Gasteiger partial charge in [0.15, 0.2) is 0 Å². The molecule has 5 heteroatoms. The molecule has 0 spiro atoms. The topological polar surface area (TPSA) is 85.2 Å². The minimum Gasteiger partial charge on any atom is -0.396 e. The van der Waals surface area contributed by atoms with Crippen LogP contribution in [0, 0.1) is 17.2 Å². The van der Waals surface area contributed by atoms with Crippen LogP contribution >= 0.6 is 0 Å². The molecule has 3 N–H and O–H groups in total. The summed E-state index contributed by atoms with van der Waals surface area (Å²) in [5.74, 6) is 0.0294. The Morgan fingerprint density at radius 1 is 1.47 bits per heavy atom. The summed E-state index contributed by atoms with van der Waals surface area (Å²) in [4.78, 5) is 11.4. The van der Waals surface area contributed by atoms with E-state index in [1.165, 1.54) is 0 Å². The van der Waals surface area contributed by atoms with Crippen LogP contribution in [0.5, 0.6) is 0 Å². The summed E-state index contributed by atoms with van der Waals surface area (Å²) in [7, 11) is 0. The lowest BCUT2D eigenvalue weighted by Crippen LogP contribution is -2.33. The van der Waals surface area contributed by atoms with E-state index in [-0.39, 0.29) is 18.6 Å². The van der Waals surface area contributed by atoms with Gasteiger partial charge >= 0.3 is 6.03 Å². The van der Waals surface area contributed by atoms with Crippen molar-refractivity contribution in [3.05, 3.63) is 29.8 Å². The Hall–Kier alpha value is -2.06. The van der Waals surface area contributed by atoms with Crippen molar-refractivity contribution in [1.29, 1.82) is 5.26 Å². The second-order valence-corrected chi connectivity index (χ2v) is 3.81. The molecule has 1 atom stereocenters. The number of hydrogen-bond acceptors (Lipinski definition) is 3. The minimum absolute atomic E-state index is 0.0294. The van der Waals surface area contributed by atoms with Gasteiger partial charge in [0, 0.05) is 18.8 Å². The standard InChI is InChI=1S/C12H15N3O2/c1-9(8-16)7-14-12(17)15-11-4-2-10(6-13)3-5-11/h2-5,9,16H,7-8H2,1H3,(H2,14,15,17). The van der Waals surface area contributed by atoms with Crippen LogP contribution in [0.15, 0.2) is 24.3 Å². The molecule has 0 aliphatic heterocycles. The van der Waals surface area contributed by atoms with Gasteiger partial charge in [-0.15, -0.1) is 0 Å². The number of anilines is 1. The van der Waals surface area contributed by atoms with Crippen LogP contribution in [0.1, 0.15) is 12.5 Å². The molecule has 2 amide bonds. The third-order valence-electron chi connectivity index (χ3n) is 2.19. The number of aliphatic hydroxyl groups is 1. The largest absolute Gasteiger partial charge is 0.396 e. The Bertz CT molecular complexity index is 409. The molecule has 0 bridgehead atoms. The van der Waals surface area contributed by atoms with E-state index in [2.05, 4.69) is 10.6 Å². The van der Waals surface area contributed by atoms with Gasteiger partial charge in [0.1, 0.15) is 0 Å². The number of hydrogen-bond donors (Lipinski definition) is 3. The summed E-state index contributed by atoms with van der Waals surface area (Å²) in [6, 6.07) is 8.26. The quantitative estimate of drug-likeness (QED) is 0.733. The first-order valence-electron chi connectivity index (χ1n) is 5.31. The second-order valence-electron chi connectivity index (χ2n) is 3.81. The highest BCUT2D eigenvalue weighted by atomic mass is 16.3. The molecule has 0 saturated carbocycles. The van der Waals surface area contributed by atoms with Gasteiger partial charge in [0.2, 0.25) is 0 Å². The van der Waals surface area contributed by atoms with E-state index in [1.807, 2.05) is 13.0 Å². The number of carbonyl (C=O) groups is 1. The number of nitriles is 1. The molecular formula is C12H15N3O2. The molecule has 0 fully saturated rings. The highest BCUT2D eigenvalue weighted by molar-refractivity contribution is 5.89. The van der Waals surface area contributed by atoms with Crippen LogP contribution in [0.4, 0.5) is 10.5 Å². The van der Waals surface area contributed by atoms with Crippen molar-refractivity contribution in [2.75, 3.05) is 18.5 Å². The monoisotopic (exact) mass is 233 g/mol. The molecule has 0 radical (unpaired) electrons. The molecule has 5 nitrogen and oxygen atoms in total. The number of amides is 2.